The molecule has 6 nitrogen and oxygen atoms in total. The summed E-state index contributed by atoms with van der Waals surface area (Å²) in [4.78, 5) is 23.7. The summed E-state index contributed by atoms with van der Waals surface area (Å²) in [5.74, 6) is -0.389. The van der Waals surface area contributed by atoms with E-state index < -0.39 is 11.9 Å². The van der Waals surface area contributed by atoms with Gasteiger partial charge in [0.1, 0.15) is 11.6 Å². The molecule has 2 rings (SSSR count). The second-order valence-electron chi connectivity index (χ2n) is 5.49. The first-order valence-electron chi connectivity index (χ1n) is 8.17. The molecule has 0 heterocycles. The van der Waals surface area contributed by atoms with Gasteiger partial charge in [-0.05, 0) is 71.5 Å². The Morgan fingerprint density at radius 1 is 1.32 bits per heavy atom. The van der Waals surface area contributed by atoms with Crippen molar-refractivity contribution in [2.45, 2.75) is 13.8 Å². The normalized spacial score (nSPS) is 10.8. The summed E-state index contributed by atoms with van der Waals surface area (Å²) in [7, 11) is 0. The minimum atomic E-state index is -0.568. The fraction of sp³-hybridized carbons (Fsp3) is 0.150. The summed E-state index contributed by atoms with van der Waals surface area (Å²) in [5, 5.41) is 12.5. The van der Waals surface area contributed by atoms with Crippen LogP contribution in [-0.4, -0.2) is 18.5 Å². The molecule has 1 N–H and O–H groups in total. The van der Waals surface area contributed by atoms with E-state index in [1.807, 2.05) is 28.7 Å². The number of halogens is 2. The van der Waals surface area contributed by atoms with Gasteiger partial charge >= 0.3 is 5.97 Å². The van der Waals surface area contributed by atoms with Crippen molar-refractivity contribution in [3.05, 3.63) is 56.1 Å². The first-order valence-corrected chi connectivity index (χ1v) is 9.63. The highest BCUT2D eigenvalue weighted by molar-refractivity contribution is 14.1. The van der Waals surface area contributed by atoms with Gasteiger partial charge < -0.3 is 14.8 Å². The molecule has 0 fully saturated rings. The Morgan fingerprint density at radius 3 is 2.68 bits per heavy atom. The lowest BCUT2D eigenvalue weighted by molar-refractivity contribution is -0.132. The number of nitriles is 1. The van der Waals surface area contributed by atoms with Crippen LogP contribution >= 0.6 is 34.2 Å². The minimum Gasteiger partial charge on any atom is -0.490 e. The van der Waals surface area contributed by atoms with E-state index >= 15 is 0 Å². The third kappa shape index (κ3) is 5.97. The lowest BCUT2D eigenvalue weighted by Crippen LogP contribution is -2.13. The monoisotopic (exact) mass is 510 g/mol. The van der Waals surface area contributed by atoms with Crippen molar-refractivity contribution < 1.29 is 19.1 Å². The van der Waals surface area contributed by atoms with Gasteiger partial charge in [-0.25, -0.2) is 0 Å². The maximum absolute atomic E-state index is 12.4. The van der Waals surface area contributed by atoms with E-state index in [1.54, 1.807) is 43.3 Å². The van der Waals surface area contributed by atoms with Gasteiger partial charge in [0, 0.05) is 17.6 Å². The Kier molecular flexibility index (Phi) is 7.84. The van der Waals surface area contributed by atoms with Crippen LogP contribution in [0.25, 0.3) is 6.08 Å². The molecule has 0 spiro atoms. The Hall–Kier alpha value is -2.57. The van der Waals surface area contributed by atoms with Gasteiger partial charge in [-0.3, -0.25) is 9.59 Å². The lowest BCUT2D eigenvalue weighted by atomic mass is 10.1. The molecular formula is C20H16ClIN2O4. The molecule has 0 saturated heterocycles. The van der Waals surface area contributed by atoms with Crippen molar-refractivity contribution in [2.24, 2.45) is 0 Å². The average molecular weight is 511 g/mol. The number of carbonyl (C=O) groups is 2. The number of rotatable bonds is 6. The summed E-state index contributed by atoms with van der Waals surface area (Å²) in [5.41, 5.74) is 0.938. The molecule has 0 bridgehead atoms. The van der Waals surface area contributed by atoms with Gasteiger partial charge in [-0.1, -0.05) is 17.7 Å². The van der Waals surface area contributed by atoms with Crippen molar-refractivity contribution in [2.75, 3.05) is 11.9 Å². The number of ether oxygens (including phenoxy) is 2. The van der Waals surface area contributed by atoms with Crippen LogP contribution in [-0.2, 0) is 9.59 Å². The Labute approximate surface area is 181 Å². The molecule has 1 amide bonds. The van der Waals surface area contributed by atoms with Gasteiger partial charge in [0.25, 0.3) is 5.91 Å². The Morgan fingerprint density at radius 2 is 2.07 bits per heavy atom. The summed E-state index contributed by atoms with van der Waals surface area (Å²) in [6, 6.07) is 11.8. The summed E-state index contributed by atoms with van der Waals surface area (Å²) >= 11 is 7.90. The van der Waals surface area contributed by atoms with Crippen LogP contribution in [0.5, 0.6) is 11.5 Å². The summed E-state index contributed by atoms with van der Waals surface area (Å²) < 4.78 is 11.3. The second kappa shape index (κ2) is 10.1. The van der Waals surface area contributed by atoms with Crippen molar-refractivity contribution in [3.8, 4) is 17.6 Å². The van der Waals surface area contributed by atoms with Crippen molar-refractivity contribution >= 4 is 57.8 Å². The fourth-order valence-electron chi connectivity index (χ4n) is 2.26. The van der Waals surface area contributed by atoms with E-state index in [-0.39, 0.29) is 5.57 Å². The molecule has 0 saturated carbocycles. The molecule has 0 unspecified atom stereocenters. The average Bonchev–Trinajstić information content (AvgIpc) is 2.62. The first-order chi connectivity index (χ1) is 13.3. The Bertz CT molecular complexity index is 983. The van der Waals surface area contributed by atoms with Crippen LogP contribution in [0.3, 0.4) is 0 Å². The van der Waals surface area contributed by atoms with E-state index in [2.05, 4.69) is 5.32 Å². The van der Waals surface area contributed by atoms with Crippen LogP contribution in [0.2, 0.25) is 5.02 Å². The highest BCUT2D eigenvalue weighted by Crippen LogP contribution is 2.35. The van der Waals surface area contributed by atoms with Crippen LogP contribution < -0.4 is 14.8 Å². The summed E-state index contributed by atoms with van der Waals surface area (Å²) in [6.45, 7) is 3.46. The van der Waals surface area contributed by atoms with Gasteiger partial charge in [0.2, 0.25) is 0 Å². The first kappa shape index (κ1) is 21.7. The van der Waals surface area contributed by atoms with E-state index in [9.17, 15) is 14.9 Å². The molecule has 2 aromatic carbocycles. The number of carbonyl (C=O) groups excluding carboxylic acids is 2. The zero-order valence-electron chi connectivity index (χ0n) is 15.1. The third-order valence-electron chi connectivity index (χ3n) is 3.34. The second-order valence-corrected chi connectivity index (χ2v) is 7.09. The molecule has 2 aromatic rings. The third-order valence-corrected chi connectivity index (χ3v) is 4.37. The SMILES string of the molecule is CCOc1cc(/C=C(\C#N)C(=O)Nc2cccc(Cl)c2)cc(I)c1OC(C)=O. The maximum atomic E-state index is 12.4. The fourth-order valence-corrected chi connectivity index (χ4v) is 3.18. The minimum absolute atomic E-state index is 0.0986. The van der Waals surface area contributed by atoms with Crippen molar-refractivity contribution in [3.63, 3.8) is 0 Å². The lowest BCUT2D eigenvalue weighted by Gasteiger charge is -2.13. The van der Waals surface area contributed by atoms with Gasteiger partial charge in [0.15, 0.2) is 11.5 Å². The zero-order valence-corrected chi connectivity index (χ0v) is 18.0. The molecular weight excluding hydrogens is 495 g/mol. The predicted molar refractivity (Wildman–Crippen MR) is 115 cm³/mol. The van der Waals surface area contributed by atoms with Crippen LogP contribution in [0.15, 0.2) is 42.0 Å². The number of nitrogens with zero attached hydrogens (tertiary/aromatic N) is 1. The number of hydrogen-bond acceptors (Lipinski definition) is 5. The van der Waals surface area contributed by atoms with Crippen LogP contribution in [0, 0.1) is 14.9 Å². The van der Waals surface area contributed by atoms with Crippen molar-refractivity contribution in [1.29, 1.82) is 5.26 Å². The number of esters is 1. The number of amides is 1. The van der Waals surface area contributed by atoms with Gasteiger partial charge in [-0.2, -0.15) is 5.26 Å². The highest BCUT2D eigenvalue weighted by Gasteiger charge is 2.15. The molecule has 0 aromatic heterocycles. The molecule has 0 atom stereocenters. The smallest absolute Gasteiger partial charge is 0.308 e. The molecule has 8 heteroatoms. The van der Waals surface area contributed by atoms with Gasteiger partial charge in [-0.15, -0.1) is 0 Å². The molecule has 144 valence electrons. The molecule has 0 radical (unpaired) electrons. The van der Waals surface area contributed by atoms with E-state index in [1.165, 1.54) is 13.0 Å². The quantitative estimate of drug-likeness (QED) is 0.198. The number of benzene rings is 2. The number of anilines is 1. The number of nitrogens with one attached hydrogen (secondary N) is 1. The van der Waals surface area contributed by atoms with Crippen LogP contribution in [0.4, 0.5) is 5.69 Å². The summed E-state index contributed by atoms with van der Waals surface area (Å²) in [6.07, 6.45) is 1.43. The molecule has 28 heavy (non-hydrogen) atoms. The van der Waals surface area contributed by atoms with Gasteiger partial charge in [0.05, 0.1) is 10.2 Å². The maximum Gasteiger partial charge on any atom is 0.308 e. The van der Waals surface area contributed by atoms with E-state index in [0.29, 0.717) is 37.9 Å². The Balaban J connectivity index is 2.36. The zero-order chi connectivity index (χ0) is 20.7. The highest BCUT2D eigenvalue weighted by atomic mass is 127. The van der Waals surface area contributed by atoms with Crippen LogP contribution in [0.1, 0.15) is 19.4 Å². The molecule has 0 aliphatic carbocycles. The molecule has 0 aliphatic rings. The van der Waals surface area contributed by atoms with E-state index in [4.69, 9.17) is 21.1 Å². The topological polar surface area (TPSA) is 88.4 Å². The molecule has 0 aliphatic heterocycles. The predicted octanol–water partition coefficient (Wildman–Crippen LogP) is 4.81. The largest absolute Gasteiger partial charge is 0.490 e. The standard InChI is InChI=1S/C20H16ClIN2O4/c1-3-27-18-9-13(8-17(22)19(18)28-12(2)25)7-14(11-23)20(26)24-16-6-4-5-15(21)10-16/h4-10H,3H2,1-2H3,(H,24,26)/b14-7+. The van der Waals surface area contributed by atoms with E-state index in [0.717, 1.165) is 0 Å². The van der Waals surface area contributed by atoms with Crippen molar-refractivity contribution in [1.82, 2.24) is 0 Å². The number of hydrogen-bond donors (Lipinski definition) is 1.